The van der Waals surface area contributed by atoms with Crippen LogP contribution in [0.4, 0.5) is 0 Å². The Morgan fingerprint density at radius 1 is 1.67 bits per heavy atom. The highest BCUT2D eigenvalue weighted by Crippen LogP contribution is 1.94. The molecular weight excluding hydrogens is 112 g/mol. The van der Waals surface area contributed by atoms with Crippen LogP contribution in [0.15, 0.2) is 34.6 Å². The Kier molecular flexibility index (Phi) is 1.52. The lowest BCUT2D eigenvalue weighted by molar-refractivity contribution is 1.45. The van der Waals surface area contributed by atoms with Crippen molar-refractivity contribution in [2.45, 2.75) is 6.92 Å². The van der Waals surface area contributed by atoms with E-state index in [2.05, 4.69) is 10.7 Å². The molecule has 0 aromatic heterocycles. The second-order valence-corrected chi connectivity index (χ2v) is 1.79. The fraction of sp³-hybridized carbons (Fsp3) is 0.143. The minimum Gasteiger partial charge on any atom is -0.383 e. The highest BCUT2D eigenvalue weighted by Gasteiger charge is 1.91. The molecular formula is C7H8N2. The number of nitrogens with zero attached hydrogens (tertiary/aromatic N) is 1. The quantitative estimate of drug-likeness (QED) is 0.475. The van der Waals surface area contributed by atoms with Crippen LogP contribution in [0.25, 0.3) is 0 Å². The van der Waals surface area contributed by atoms with Gasteiger partial charge in [-0.25, -0.2) is 4.99 Å². The molecule has 1 heterocycles. The second kappa shape index (κ2) is 2.33. The van der Waals surface area contributed by atoms with Gasteiger partial charge in [0.05, 0.1) is 0 Å². The summed E-state index contributed by atoms with van der Waals surface area (Å²) in [5.74, 6) is 0.542. The van der Waals surface area contributed by atoms with E-state index in [-0.39, 0.29) is 0 Å². The smallest absolute Gasteiger partial charge is 0.134 e. The van der Waals surface area contributed by atoms with Gasteiger partial charge < -0.3 is 5.73 Å². The average molecular weight is 120 g/mol. The molecule has 0 amide bonds. The first-order valence-corrected chi connectivity index (χ1v) is 2.73. The summed E-state index contributed by atoms with van der Waals surface area (Å²) in [5, 5.41) is 0. The topological polar surface area (TPSA) is 38.4 Å². The van der Waals surface area contributed by atoms with Gasteiger partial charge in [-0.2, -0.15) is 0 Å². The van der Waals surface area contributed by atoms with E-state index in [0.29, 0.717) is 5.84 Å². The molecule has 46 valence electrons. The highest BCUT2D eigenvalue weighted by atomic mass is 14.8. The van der Waals surface area contributed by atoms with E-state index >= 15 is 0 Å². The maximum absolute atomic E-state index is 5.46. The molecule has 0 bridgehead atoms. The second-order valence-electron chi connectivity index (χ2n) is 1.79. The Morgan fingerprint density at radius 2 is 2.44 bits per heavy atom. The van der Waals surface area contributed by atoms with Crippen LogP contribution in [0, 0.1) is 0 Å². The van der Waals surface area contributed by atoms with Crippen molar-refractivity contribution in [3.63, 3.8) is 0 Å². The standard InChI is InChI=1S/C7H8N2/c1-6-4-2-3-5-9-7(6)8/h2-3,5H,1H3,(H2,8,9). The number of hydrogen-bond acceptors (Lipinski definition) is 2. The Balaban J connectivity index is 3.06. The molecule has 2 nitrogen and oxygen atoms in total. The minimum atomic E-state index is 0.542. The van der Waals surface area contributed by atoms with Gasteiger partial charge in [0.15, 0.2) is 0 Å². The summed E-state index contributed by atoms with van der Waals surface area (Å²) < 4.78 is 0. The summed E-state index contributed by atoms with van der Waals surface area (Å²) in [6.45, 7) is 1.88. The van der Waals surface area contributed by atoms with Crippen molar-refractivity contribution in [1.82, 2.24) is 0 Å². The zero-order chi connectivity index (χ0) is 6.69. The van der Waals surface area contributed by atoms with Crippen molar-refractivity contribution >= 4 is 5.84 Å². The third kappa shape index (κ3) is 1.31. The van der Waals surface area contributed by atoms with Crippen LogP contribution in [0.3, 0.4) is 0 Å². The number of aliphatic imine (C=N–C) groups is 1. The average Bonchev–Trinajstić information content (AvgIpc) is 1.99. The van der Waals surface area contributed by atoms with Crippen molar-refractivity contribution in [3.8, 4) is 0 Å². The Labute approximate surface area is 54.1 Å². The number of nitrogens with two attached hydrogens (primary N) is 1. The Morgan fingerprint density at radius 3 is 3.22 bits per heavy atom. The summed E-state index contributed by atoms with van der Waals surface area (Å²) >= 11 is 0. The molecule has 0 fully saturated rings. The number of hydrogen-bond donors (Lipinski definition) is 1. The monoisotopic (exact) mass is 120 g/mol. The van der Waals surface area contributed by atoms with E-state index in [1.807, 2.05) is 6.92 Å². The lowest BCUT2D eigenvalue weighted by Crippen LogP contribution is -2.11. The third-order valence-corrected chi connectivity index (χ3v) is 1.08. The molecule has 9 heavy (non-hydrogen) atoms. The van der Waals surface area contributed by atoms with Crippen LogP contribution in [0.5, 0.6) is 0 Å². The van der Waals surface area contributed by atoms with Crippen LogP contribution >= 0.6 is 0 Å². The van der Waals surface area contributed by atoms with Crippen molar-refractivity contribution < 1.29 is 0 Å². The first-order valence-electron chi connectivity index (χ1n) is 2.73. The van der Waals surface area contributed by atoms with Crippen LogP contribution in [-0.2, 0) is 0 Å². The maximum Gasteiger partial charge on any atom is 0.134 e. The molecule has 0 saturated carbocycles. The van der Waals surface area contributed by atoms with Gasteiger partial charge in [-0.15, -0.1) is 5.73 Å². The van der Waals surface area contributed by atoms with E-state index in [9.17, 15) is 0 Å². The Bertz CT molecular complexity index is 227. The van der Waals surface area contributed by atoms with E-state index in [4.69, 9.17) is 5.73 Å². The zero-order valence-corrected chi connectivity index (χ0v) is 5.26. The molecule has 0 aromatic carbocycles. The molecule has 0 spiro atoms. The first kappa shape index (κ1) is 5.86. The summed E-state index contributed by atoms with van der Waals surface area (Å²) in [6, 6.07) is 0. The van der Waals surface area contributed by atoms with Gasteiger partial charge in [-0.3, -0.25) is 0 Å². The fourth-order valence-corrected chi connectivity index (χ4v) is 0.510. The van der Waals surface area contributed by atoms with Gasteiger partial charge in [-0.1, -0.05) is 0 Å². The van der Waals surface area contributed by atoms with E-state index < -0.39 is 0 Å². The summed E-state index contributed by atoms with van der Waals surface area (Å²) in [7, 11) is 0. The number of rotatable bonds is 0. The third-order valence-electron chi connectivity index (χ3n) is 1.08. The predicted molar refractivity (Wildman–Crippen MR) is 38.0 cm³/mol. The number of allylic oxidation sites excluding steroid dienone is 1. The van der Waals surface area contributed by atoms with Crippen molar-refractivity contribution in [2.75, 3.05) is 0 Å². The van der Waals surface area contributed by atoms with Crippen molar-refractivity contribution in [1.29, 1.82) is 0 Å². The highest BCUT2D eigenvalue weighted by molar-refractivity contribution is 5.96. The van der Waals surface area contributed by atoms with Crippen LogP contribution in [0.1, 0.15) is 6.92 Å². The zero-order valence-electron chi connectivity index (χ0n) is 5.26. The molecule has 2 N–H and O–H groups in total. The molecule has 2 heteroatoms. The van der Waals surface area contributed by atoms with E-state index in [1.165, 1.54) is 0 Å². The predicted octanol–water partition coefficient (Wildman–Crippen LogP) is 0.972. The normalized spacial score (nSPS) is 16.6. The summed E-state index contributed by atoms with van der Waals surface area (Å²) in [6.07, 6.45) is 5.24. The van der Waals surface area contributed by atoms with Crippen LogP contribution in [-0.4, -0.2) is 5.84 Å². The van der Waals surface area contributed by atoms with Gasteiger partial charge >= 0.3 is 0 Å². The summed E-state index contributed by atoms with van der Waals surface area (Å²) in [5.41, 5.74) is 9.29. The van der Waals surface area contributed by atoms with Gasteiger partial charge in [-0.05, 0) is 19.1 Å². The molecule has 0 unspecified atom stereocenters. The first-order chi connectivity index (χ1) is 4.30. The van der Waals surface area contributed by atoms with Gasteiger partial charge in [0.2, 0.25) is 0 Å². The van der Waals surface area contributed by atoms with E-state index in [0.717, 1.165) is 5.57 Å². The molecule has 1 rings (SSSR count). The fourth-order valence-electron chi connectivity index (χ4n) is 0.510. The van der Waals surface area contributed by atoms with Crippen molar-refractivity contribution in [2.24, 2.45) is 10.7 Å². The lowest BCUT2D eigenvalue weighted by atomic mass is 10.3. The lowest BCUT2D eigenvalue weighted by Gasteiger charge is -1.90. The largest absolute Gasteiger partial charge is 0.383 e. The number of amidine groups is 1. The molecule has 0 aromatic rings. The molecule has 0 radical (unpaired) electrons. The molecule has 1 aliphatic rings. The van der Waals surface area contributed by atoms with E-state index in [1.54, 1.807) is 18.4 Å². The van der Waals surface area contributed by atoms with Gasteiger partial charge in [0.1, 0.15) is 5.84 Å². The van der Waals surface area contributed by atoms with Crippen LogP contribution < -0.4 is 5.73 Å². The van der Waals surface area contributed by atoms with Crippen LogP contribution in [0.2, 0.25) is 0 Å². The van der Waals surface area contributed by atoms with Crippen molar-refractivity contribution in [3.05, 3.63) is 29.7 Å². The molecule has 0 saturated heterocycles. The minimum absolute atomic E-state index is 0.542. The maximum atomic E-state index is 5.46. The molecule has 0 aliphatic carbocycles. The molecule has 0 atom stereocenters. The summed E-state index contributed by atoms with van der Waals surface area (Å²) in [4.78, 5) is 3.89. The Hall–Kier alpha value is -1.27. The molecule has 1 aliphatic heterocycles. The van der Waals surface area contributed by atoms with Gasteiger partial charge in [0.25, 0.3) is 0 Å². The van der Waals surface area contributed by atoms with Gasteiger partial charge in [0, 0.05) is 11.8 Å². The SMILES string of the molecule is CC1=C=CC=CN=C1N.